The summed E-state index contributed by atoms with van der Waals surface area (Å²) in [6, 6.07) is 0. The van der Waals surface area contributed by atoms with Gasteiger partial charge in [-0.1, -0.05) is 0 Å². The maximum Gasteiger partial charge on any atom is 0.294 e. The molecule has 2 N–H and O–H groups in total. The van der Waals surface area contributed by atoms with E-state index < -0.39 is 10.2 Å². The van der Waals surface area contributed by atoms with E-state index in [-0.39, 0.29) is 6.61 Å². The van der Waals surface area contributed by atoms with Crippen molar-refractivity contribution in [2.75, 3.05) is 19.7 Å². The molecule has 0 fully saturated rings. The standard InChI is InChI=1S/C4H10N2O3.NO3/c1-2-5-3-4-9-6(7)8;2-1(3)4/h5H,2-4H2,1H3;/q;-1/p+1. The molecular formula is C4H11N3O6. The molecule has 0 aliphatic heterocycles. The first kappa shape index (κ1) is 13.9. The molecular weight excluding hydrogens is 186 g/mol. The monoisotopic (exact) mass is 197 g/mol. The van der Waals surface area contributed by atoms with Crippen molar-refractivity contribution in [2.24, 2.45) is 0 Å². The van der Waals surface area contributed by atoms with Crippen LogP contribution in [-0.2, 0) is 4.84 Å². The van der Waals surface area contributed by atoms with Crippen molar-refractivity contribution in [1.29, 1.82) is 0 Å². The fourth-order valence-electron chi connectivity index (χ4n) is 0.415. The summed E-state index contributed by atoms with van der Waals surface area (Å²) in [5, 5.41) is 25.4. The van der Waals surface area contributed by atoms with Gasteiger partial charge in [-0.3, -0.25) is 0 Å². The molecule has 0 saturated heterocycles. The van der Waals surface area contributed by atoms with Crippen LogP contribution in [0.4, 0.5) is 0 Å². The highest BCUT2D eigenvalue weighted by atomic mass is 16.9. The third-order valence-corrected chi connectivity index (χ3v) is 0.807. The van der Waals surface area contributed by atoms with Gasteiger partial charge >= 0.3 is 0 Å². The quantitative estimate of drug-likeness (QED) is 0.325. The summed E-state index contributed by atoms with van der Waals surface area (Å²) < 4.78 is 0. The fourth-order valence-corrected chi connectivity index (χ4v) is 0.415. The molecule has 78 valence electrons. The third-order valence-electron chi connectivity index (χ3n) is 0.807. The van der Waals surface area contributed by atoms with E-state index in [4.69, 9.17) is 15.3 Å². The molecule has 0 aromatic heterocycles. The van der Waals surface area contributed by atoms with E-state index in [2.05, 4.69) is 4.84 Å². The Morgan fingerprint density at radius 1 is 1.31 bits per heavy atom. The van der Waals surface area contributed by atoms with Gasteiger partial charge in [-0.25, -0.2) is 0 Å². The molecule has 9 nitrogen and oxygen atoms in total. The zero-order valence-electron chi connectivity index (χ0n) is 7.04. The van der Waals surface area contributed by atoms with E-state index >= 15 is 0 Å². The Balaban J connectivity index is 0. The van der Waals surface area contributed by atoms with Crippen LogP contribution >= 0.6 is 0 Å². The van der Waals surface area contributed by atoms with Crippen LogP contribution in [0.25, 0.3) is 0 Å². The minimum absolute atomic E-state index is 0.181. The largest absolute Gasteiger partial charge is 0.356 e. The Labute approximate surface area is 73.5 Å². The van der Waals surface area contributed by atoms with Gasteiger partial charge in [0.1, 0.15) is 6.61 Å². The molecule has 9 heteroatoms. The van der Waals surface area contributed by atoms with Crippen LogP contribution in [0.1, 0.15) is 6.92 Å². The smallest absolute Gasteiger partial charge is 0.294 e. The van der Waals surface area contributed by atoms with Crippen molar-refractivity contribution in [3.05, 3.63) is 25.4 Å². The lowest BCUT2D eigenvalue weighted by molar-refractivity contribution is -0.770. The molecule has 0 saturated carbocycles. The minimum atomic E-state index is -1.75. The minimum Gasteiger partial charge on any atom is -0.356 e. The van der Waals surface area contributed by atoms with E-state index in [1.165, 1.54) is 0 Å². The lowest BCUT2D eigenvalue weighted by atomic mass is 10.6. The van der Waals surface area contributed by atoms with Gasteiger partial charge in [0.15, 0.2) is 0 Å². The van der Waals surface area contributed by atoms with Crippen LogP contribution < -0.4 is 5.32 Å². The first-order chi connectivity index (χ1) is 6.00. The Morgan fingerprint density at radius 3 is 2.08 bits per heavy atom. The summed E-state index contributed by atoms with van der Waals surface area (Å²) in [7, 11) is 0. The number of nitrogens with two attached hydrogens (primary N) is 1. The van der Waals surface area contributed by atoms with E-state index in [0.717, 1.165) is 6.54 Å². The summed E-state index contributed by atoms with van der Waals surface area (Å²) >= 11 is 0. The predicted molar refractivity (Wildman–Crippen MR) is 40.6 cm³/mol. The van der Waals surface area contributed by atoms with Gasteiger partial charge in [0, 0.05) is 0 Å². The number of hydrogen-bond acceptors (Lipinski definition) is 6. The van der Waals surface area contributed by atoms with Crippen molar-refractivity contribution in [2.45, 2.75) is 6.92 Å². The van der Waals surface area contributed by atoms with Crippen molar-refractivity contribution in [3.8, 4) is 0 Å². The van der Waals surface area contributed by atoms with Crippen LogP contribution in [0.3, 0.4) is 0 Å². The summed E-state index contributed by atoms with van der Waals surface area (Å²) in [4.78, 5) is 21.8. The Kier molecular flexibility index (Phi) is 11.1. The molecule has 0 aliphatic rings. The molecule has 13 heavy (non-hydrogen) atoms. The van der Waals surface area contributed by atoms with Crippen LogP contribution in [0, 0.1) is 25.4 Å². The highest BCUT2D eigenvalue weighted by Crippen LogP contribution is 1.67. The van der Waals surface area contributed by atoms with Crippen LogP contribution in [0.2, 0.25) is 0 Å². The van der Waals surface area contributed by atoms with E-state index in [1.54, 1.807) is 0 Å². The second kappa shape index (κ2) is 10.4. The van der Waals surface area contributed by atoms with Gasteiger partial charge in [0.25, 0.3) is 5.09 Å². The molecule has 0 unspecified atom stereocenters. The maximum atomic E-state index is 9.53. The molecule has 0 radical (unpaired) electrons. The van der Waals surface area contributed by atoms with Crippen LogP contribution in [0.5, 0.6) is 0 Å². The average molecular weight is 197 g/mol. The first-order valence-corrected chi connectivity index (χ1v) is 3.41. The average Bonchev–Trinajstić information content (AvgIpc) is 1.97. The number of likely N-dealkylation sites (N-methyl/N-ethyl adjacent to an activating group) is 1. The summed E-state index contributed by atoms with van der Waals surface area (Å²) in [6.45, 7) is 3.74. The summed E-state index contributed by atoms with van der Waals surface area (Å²) in [5.41, 5.74) is 0. The highest BCUT2D eigenvalue weighted by molar-refractivity contribution is 4.13. The second-order valence-electron chi connectivity index (χ2n) is 1.77. The summed E-state index contributed by atoms with van der Waals surface area (Å²) in [5.74, 6) is 0. The van der Waals surface area contributed by atoms with E-state index in [9.17, 15) is 10.1 Å². The molecule has 0 aromatic rings. The molecule has 0 bridgehead atoms. The molecule has 0 aromatic carbocycles. The summed E-state index contributed by atoms with van der Waals surface area (Å²) in [6.07, 6.45) is 0. The van der Waals surface area contributed by atoms with Gasteiger partial charge in [0.2, 0.25) is 0 Å². The third kappa shape index (κ3) is 38.1. The number of hydrogen-bond donors (Lipinski definition) is 1. The lowest BCUT2D eigenvalue weighted by Gasteiger charge is -1.95. The van der Waals surface area contributed by atoms with Gasteiger partial charge in [0.05, 0.1) is 18.2 Å². The molecule has 0 amide bonds. The number of quaternary nitrogens is 1. The molecule has 0 heterocycles. The van der Waals surface area contributed by atoms with Crippen LogP contribution in [-0.4, -0.2) is 29.9 Å². The zero-order valence-corrected chi connectivity index (χ0v) is 7.04. The lowest BCUT2D eigenvalue weighted by Crippen LogP contribution is -2.84. The maximum absolute atomic E-state index is 9.53. The SMILES string of the molecule is CC[NH2+]CCO[N+](=O)[O-].O=[N+]([O-])[O-]. The number of rotatable bonds is 5. The van der Waals surface area contributed by atoms with E-state index in [1.807, 2.05) is 12.2 Å². The van der Waals surface area contributed by atoms with Crippen LogP contribution in [0.15, 0.2) is 0 Å². The van der Waals surface area contributed by atoms with Crippen molar-refractivity contribution in [3.63, 3.8) is 0 Å². The second-order valence-corrected chi connectivity index (χ2v) is 1.77. The normalized spacial score (nSPS) is 8.08. The Hall–Kier alpha value is -1.64. The van der Waals surface area contributed by atoms with Gasteiger partial charge in [-0.2, -0.15) is 0 Å². The molecule has 0 aliphatic carbocycles. The van der Waals surface area contributed by atoms with Gasteiger partial charge in [-0.15, -0.1) is 10.1 Å². The molecule has 0 rings (SSSR count). The highest BCUT2D eigenvalue weighted by Gasteiger charge is 1.92. The predicted octanol–water partition coefficient (Wildman–Crippen LogP) is -1.46. The van der Waals surface area contributed by atoms with Crippen molar-refractivity contribution >= 4 is 0 Å². The fraction of sp³-hybridized carbons (Fsp3) is 1.00. The molecule has 0 spiro atoms. The van der Waals surface area contributed by atoms with Crippen molar-refractivity contribution < 1.29 is 20.3 Å². The number of nitrogens with zero attached hydrogens (tertiary/aromatic N) is 2. The molecule has 0 atom stereocenters. The van der Waals surface area contributed by atoms with Crippen molar-refractivity contribution in [1.82, 2.24) is 0 Å². The zero-order chi connectivity index (χ0) is 10.7. The first-order valence-electron chi connectivity index (χ1n) is 3.41. The van der Waals surface area contributed by atoms with Gasteiger partial charge in [-0.05, 0) is 6.92 Å². The Bertz CT molecular complexity index is 147. The van der Waals surface area contributed by atoms with Gasteiger partial charge < -0.3 is 25.5 Å². The Morgan fingerprint density at radius 2 is 1.77 bits per heavy atom. The van der Waals surface area contributed by atoms with E-state index in [0.29, 0.717) is 6.54 Å². The topological polar surface area (TPSA) is 135 Å².